The molecule has 0 saturated carbocycles. The summed E-state index contributed by atoms with van der Waals surface area (Å²) in [6, 6.07) is 17.4. The molecule has 108 valence electrons. The molecule has 0 atom stereocenters. The molecule has 20 heavy (non-hydrogen) atoms. The van der Waals surface area contributed by atoms with Crippen LogP contribution >= 0.6 is 0 Å². The van der Waals surface area contributed by atoms with Crippen LogP contribution in [0.15, 0.2) is 48.5 Å². The molecule has 0 bridgehead atoms. The molecule has 1 heterocycles. The highest BCUT2D eigenvalue weighted by Gasteiger charge is 2.19. The third-order valence-electron chi connectivity index (χ3n) is 3.26. The number of anilines is 2. The molecule has 0 radical (unpaired) electrons. The first-order valence-electron chi connectivity index (χ1n) is 7.83. The molecule has 2 aromatic rings. The van der Waals surface area contributed by atoms with Crippen LogP contribution in [0.5, 0.6) is 0 Å². The number of para-hydroxylation sites is 2. The summed E-state index contributed by atoms with van der Waals surface area (Å²) in [6.07, 6.45) is 1.06. The highest BCUT2D eigenvalue weighted by atomic mass is 15.1. The topological polar surface area (TPSA) is 3.24 Å². The molecule has 0 fully saturated rings. The lowest BCUT2D eigenvalue weighted by atomic mass is 9.96. The standard InChI is InChI=1S/C15H15N.2C2H6/c1-2-16-14-9-5-3-7-12(14)11-13-8-4-6-10-15(13)16;2*1-2/h3-10H,2,11H2,1H3;2*1-2H3. The van der Waals surface area contributed by atoms with E-state index in [9.17, 15) is 0 Å². The quantitative estimate of drug-likeness (QED) is 0.632. The van der Waals surface area contributed by atoms with Crippen LogP contribution < -0.4 is 4.90 Å². The molecule has 0 aliphatic carbocycles. The number of nitrogens with zero attached hydrogens (tertiary/aromatic N) is 1. The van der Waals surface area contributed by atoms with Crippen molar-refractivity contribution in [3.8, 4) is 0 Å². The first-order valence-corrected chi connectivity index (χ1v) is 7.83. The summed E-state index contributed by atoms with van der Waals surface area (Å²) in [7, 11) is 0. The van der Waals surface area contributed by atoms with E-state index in [1.165, 1.54) is 22.5 Å². The van der Waals surface area contributed by atoms with Gasteiger partial charge in [0.15, 0.2) is 0 Å². The maximum Gasteiger partial charge on any atom is 0.0446 e. The second-order valence-electron chi connectivity index (χ2n) is 4.18. The van der Waals surface area contributed by atoms with E-state index in [1.54, 1.807) is 0 Å². The van der Waals surface area contributed by atoms with Crippen molar-refractivity contribution in [3.63, 3.8) is 0 Å². The summed E-state index contributed by atoms with van der Waals surface area (Å²) in [5.74, 6) is 0. The molecular formula is C19H27N. The Labute approximate surface area is 124 Å². The number of fused-ring (bicyclic) bond motifs is 2. The summed E-state index contributed by atoms with van der Waals surface area (Å²) < 4.78 is 0. The molecule has 0 amide bonds. The van der Waals surface area contributed by atoms with Crippen LogP contribution in [0.3, 0.4) is 0 Å². The van der Waals surface area contributed by atoms with Crippen LogP contribution in [-0.2, 0) is 6.42 Å². The highest BCUT2D eigenvalue weighted by Crippen LogP contribution is 2.37. The van der Waals surface area contributed by atoms with Gasteiger partial charge in [-0.2, -0.15) is 0 Å². The first-order chi connectivity index (χ1) is 9.90. The van der Waals surface area contributed by atoms with Gasteiger partial charge in [0, 0.05) is 24.3 Å². The van der Waals surface area contributed by atoms with Gasteiger partial charge in [-0.05, 0) is 30.2 Å². The molecule has 2 aromatic carbocycles. The molecule has 1 aliphatic heterocycles. The number of rotatable bonds is 1. The Morgan fingerprint density at radius 1 is 0.750 bits per heavy atom. The number of hydrogen-bond donors (Lipinski definition) is 0. The molecule has 3 rings (SSSR count). The zero-order valence-electron chi connectivity index (χ0n) is 13.5. The van der Waals surface area contributed by atoms with Gasteiger partial charge in [-0.15, -0.1) is 0 Å². The van der Waals surface area contributed by atoms with Gasteiger partial charge in [-0.3, -0.25) is 0 Å². The second-order valence-corrected chi connectivity index (χ2v) is 4.18. The predicted octanol–water partition coefficient (Wildman–Crippen LogP) is 5.80. The van der Waals surface area contributed by atoms with E-state index in [-0.39, 0.29) is 0 Å². The average Bonchev–Trinajstić information content (AvgIpc) is 2.56. The van der Waals surface area contributed by atoms with Crippen LogP contribution in [0.4, 0.5) is 11.4 Å². The SMILES string of the molecule is CC.CC.CCN1c2ccccc2Cc2ccccc21. The fourth-order valence-corrected chi connectivity index (χ4v) is 2.52. The molecule has 0 unspecified atom stereocenters. The van der Waals surface area contributed by atoms with E-state index in [4.69, 9.17) is 0 Å². The van der Waals surface area contributed by atoms with Crippen molar-refractivity contribution in [1.82, 2.24) is 0 Å². The highest BCUT2D eigenvalue weighted by molar-refractivity contribution is 5.73. The van der Waals surface area contributed by atoms with E-state index < -0.39 is 0 Å². The van der Waals surface area contributed by atoms with Crippen LogP contribution in [0.2, 0.25) is 0 Å². The smallest absolute Gasteiger partial charge is 0.0446 e. The Hall–Kier alpha value is -1.76. The normalized spacial score (nSPS) is 11.2. The minimum absolute atomic E-state index is 1.02. The van der Waals surface area contributed by atoms with Gasteiger partial charge in [0.25, 0.3) is 0 Å². The van der Waals surface area contributed by atoms with E-state index in [0.29, 0.717) is 0 Å². The minimum atomic E-state index is 1.02. The zero-order valence-corrected chi connectivity index (χ0v) is 13.5. The Morgan fingerprint density at radius 2 is 1.15 bits per heavy atom. The molecular weight excluding hydrogens is 242 g/mol. The fourth-order valence-electron chi connectivity index (χ4n) is 2.52. The molecule has 0 N–H and O–H groups in total. The summed E-state index contributed by atoms with van der Waals surface area (Å²) in [5, 5.41) is 0. The Kier molecular flexibility index (Phi) is 6.86. The summed E-state index contributed by atoms with van der Waals surface area (Å²) in [5.41, 5.74) is 5.60. The van der Waals surface area contributed by atoms with Crippen molar-refractivity contribution in [2.24, 2.45) is 0 Å². The lowest BCUT2D eigenvalue weighted by Gasteiger charge is -2.32. The predicted molar refractivity (Wildman–Crippen MR) is 91.1 cm³/mol. The van der Waals surface area contributed by atoms with Gasteiger partial charge in [0.1, 0.15) is 0 Å². The molecule has 0 aromatic heterocycles. The van der Waals surface area contributed by atoms with Crippen molar-refractivity contribution in [2.45, 2.75) is 41.0 Å². The van der Waals surface area contributed by atoms with E-state index in [1.807, 2.05) is 27.7 Å². The summed E-state index contributed by atoms with van der Waals surface area (Å²) in [6.45, 7) is 11.2. The van der Waals surface area contributed by atoms with Gasteiger partial charge in [-0.1, -0.05) is 64.1 Å². The first kappa shape index (κ1) is 16.3. The Balaban J connectivity index is 0.000000461. The van der Waals surface area contributed by atoms with Gasteiger partial charge in [-0.25, -0.2) is 0 Å². The van der Waals surface area contributed by atoms with Gasteiger partial charge >= 0.3 is 0 Å². The lowest BCUT2D eigenvalue weighted by molar-refractivity contribution is 0.961. The summed E-state index contributed by atoms with van der Waals surface area (Å²) >= 11 is 0. The fraction of sp³-hybridized carbons (Fsp3) is 0.368. The molecule has 0 spiro atoms. The second kappa shape index (κ2) is 8.42. The van der Waals surface area contributed by atoms with E-state index in [0.717, 1.165) is 13.0 Å². The third kappa shape index (κ3) is 3.22. The maximum atomic E-state index is 2.40. The van der Waals surface area contributed by atoms with Crippen LogP contribution in [0.1, 0.15) is 45.7 Å². The number of hydrogen-bond acceptors (Lipinski definition) is 1. The van der Waals surface area contributed by atoms with E-state index in [2.05, 4.69) is 60.4 Å². The number of benzene rings is 2. The van der Waals surface area contributed by atoms with Crippen molar-refractivity contribution < 1.29 is 0 Å². The van der Waals surface area contributed by atoms with Gasteiger partial charge in [0.2, 0.25) is 0 Å². The molecule has 1 aliphatic rings. The van der Waals surface area contributed by atoms with E-state index >= 15 is 0 Å². The maximum absolute atomic E-state index is 2.40. The van der Waals surface area contributed by atoms with Gasteiger partial charge in [0.05, 0.1) is 0 Å². The lowest BCUT2D eigenvalue weighted by Crippen LogP contribution is -2.22. The zero-order chi connectivity index (χ0) is 15.0. The van der Waals surface area contributed by atoms with Crippen LogP contribution in [0, 0.1) is 0 Å². The largest absolute Gasteiger partial charge is 0.341 e. The van der Waals surface area contributed by atoms with Gasteiger partial charge < -0.3 is 4.90 Å². The Bertz CT molecular complexity index is 471. The van der Waals surface area contributed by atoms with Crippen molar-refractivity contribution in [1.29, 1.82) is 0 Å². The van der Waals surface area contributed by atoms with Crippen molar-refractivity contribution in [3.05, 3.63) is 59.7 Å². The monoisotopic (exact) mass is 269 g/mol. The average molecular weight is 269 g/mol. The molecule has 0 saturated heterocycles. The third-order valence-corrected chi connectivity index (χ3v) is 3.26. The van der Waals surface area contributed by atoms with Crippen molar-refractivity contribution >= 4 is 11.4 Å². The minimum Gasteiger partial charge on any atom is -0.341 e. The summed E-state index contributed by atoms with van der Waals surface area (Å²) in [4.78, 5) is 2.40. The van der Waals surface area contributed by atoms with Crippen LogP contribution in [-0.4, -0.2) is 6.54 Å². The van der Waals surface area contributed by atoms with Crippen LogP contribution in [0.25, 0.3) is 0 Å². The molecule has 1 nitrogen and oxygen atoms in total. The Morgan fingerprint density at radius 3 is 1.55 bits per heavy atom. The van der Waals surface area contributed by atoms with Crippen molar-refractivity contribution in [2.75, 3.05) is 11.4 Å². The molecule has 1 heteroatoms.